The van der Waals surface area contributed by atoms with E-state index in [0.717, 1.165) is 34.1 Å². The number of likely N-dealkylation sites (N-methyl/N-ethyl adjacent to an activating group) is 1. The Kier molecular flexibility index (Phi) is 6.13. The van der Waals surface area contributed by atoms with Crippen molar-refractivity contribution in [2.75, 3.05) is 7.05 Å². The molecule has 1 aromatic carbocycles. The second-order valence-corrected chi connectivity index (χ2v) is 8.43. The monoisotopic (exact) mass is 376 g/mol. The zero-order valence-electron chi connectivity index (χ0n) is 14.9. The highest BCUT2D eigenvalue weighted by atomic mass is 35.5. The van der Waals surface area contributed by atoms with E-state index < -0.39 is 0 Å². The molecule has 1 aliphatic carbocycles. The lowest BCUT2D eigenvalue weighted by molar-refractivity contribution is -0.132. The molecule has 2 aromatic rings. The fraction of sp³-hybridized carbons (Fsp3) is 0.500. The number of halogens is 1. The summed E-state index contributed by atoms with van der Waals surface area (Å²) in [4.78, 5) is 19.3. The maximum Gasteiger partial charge on any atom is 0.228 e. The largest absolute Gasteiger partial charge is 0.342 e. The average Bonchev–Trinajstić information content (AvgIpc) is 3.01. The molecule has 2 unspecified atom stereocenters. The van der Waals surface area contributed by atoms with Crippen molar-refractivity contribution in [1.82, 2.24) is 9.88 Å². The summed E-state index contributed by atoms with van der Waals surface area (Å²) in [7, 11) is 1.95. The minimum atomic E-state index is 0.179. The molecule has 5 heteroatoms. The molecule has 0 saturated heterocycles. The van der Waals surface area contributed by atoms with Gasteiger partial charge in [-0.1, -0.05) is 43.5 Å². The molecule has 0 aliphatic heterocycles. The molecule has 1 aromatic heterocycles. The lowest BCUT2D eigenvalue weighted by atomic mass is 9.85. The van der Waals surface area contributed by atoms with Crippen molar-refractivity contribution in [2.45, 2.75) is 51.5 Å². The van der Waals surface area contributed by atoms with Crippen molar-refractivity contribution in [3.63, 3.8) is 0 Å². The van der Waals surface area contributed by atoms with E-state index >= 15 is 0 Å². The van der Waals surface area contributed by atoms with Crippen molar-refractivity contribution in [3.05, 3.63) is 50.9 Å². The van der Waals surface area contributed by atoms with Gasteiger partial charge in [-0.3, -0.25) is 4.79 Å². The van der Waals surface area contributed by atoms with Crippen LogP contribution >= 0.6 is 22.9 Å². The van der Waals surface area contributed by atoms with Gasteiger partial charge in [0.05, 0.1) is 17.1 Å². The third kappa shape index (κ3) is 4.83. The number of nitrogens with zero attached hydrogens (tertiary/aromatic N) is 2. The van der Waals surface area contributed by atoms with Gasteiger partial charge in [-0.05, 0) is 36.5 Å². The summed E-state index contributed by atoms with van der Waals surface area (Å²) in [5.74, 6) is 0.773. The number of carbonyl (C=O) groups is 1. The van der Waals surface area contributed by atoms with Crippen LogP contribution in [0.3, 0.4) is 0 Å². The van der Waals surface area contributed by atoms with E-state index in [4.69, 9.17) is 11.6 Å². The van der Waals surface area contributed by atoms with E-state index in [-0.39, 0.29) is 5.91 Å². The molecule has 0 bridgehead atoms. The minimum Gasteiger partial charge on any atom is -0.342 e. The lowest BCUT2D eigenvalue weighted by Crippen LogP contribution is -2.43. The molecule has 25 heavy (non-hydrogen) atoms. The number of benzene rings is 1. The number of thiazole rings is 1. The SMILES string of the molecule is CC1CCCCC1N(C)C(=O)Cc1csc(Cc2cccc(Cl)c2)n1. The van der Waals surface area contributed by atoms with Crippen LogP contribution in [0.4, 0.5) is 0 Å². The second-order valence-electron chi connectivity index (χ2n) is 7.05. The first-order valence-electron chi connectivity index (χ1n) is 8.96. The van der Waals surface area contributed by atoms with Gasteiger partial charge in [0.1, 0.15) is 0 Å². The molecule has 0 spiro atoms. The predicted molar refractivity (Wildman–Crippen MR) is 104 cm³/mol. The molecule has 1 fully saturated rings. The van der Waals surface area contributed by atoms with Gasteiger partial charge in [-0.15, -0.1) is 11.3 Å². The molecule has 3 nitrogen and oxygen atoms in total. The number of amides is 1. The minimum absolute atomic E-state index is 0.179. The van der Waals surface area contributed by atoms with Gasteiger partial charge in [0.15, 0.2) is 0 Å². The van der Waals surface area contributed by atoms with Gasteiger partial charge in [-0.2, -0.15) is 0 Å². The standard InChI is InChI=1S/C20H25ClN2OS/c1-14-6-3-4-9-18(14)23(2)20(24)12-17-13-25-19(22-17)11-15-7-5-8-16(21)10-15/h5,7-8,10,13-14,18H,3-4,6,9,11-12H2,1-2H3. The first kappa shape index (κ1) is 18.4. The van der Waals surface area contributed by atoms with E-state index in [1.165, 1.54) is 19.3 Å². The summed E-state index contributed by atoms with van der Waals surface area (Å²) in [6.07, 6.45) is 6.02. The molecular weight excluding hydrogens is 352 g/mol. The Morgan fingerprint density at radius 3 is 2.92 bits per heavy atom. The summed E-state index contributed by atoms with van der Waals surface area (Å²) in [5.41, 5.74) is 2.02. The Hall–Kier alpha value is -1.39. The Morgan fingerprint density at radius 2 is 2.16 bits per heavy atom. The Morgan fingerprint density at radius 1 is 1.36 bits per heavy atom. The van der Waals surface area contributed by atoms with Crippen LogP contribution in [0.5, 0.6) is 0 Å². The van der Waals surface area contributed by atoms with Gasteiger partial charge in [0, 0.05) is 29.9 Å². The number of hydrogen-bond acceptors (Lipinski definition) is 3. The van der Waals surface area contributed by atoms with Crippen molar-refractivity contribution in [3.8, 4) is 0 Å². The summed E-state index contributed by atoms with van der Waals surface area (Å²) in [5, 5.41) is 3.78. The average molecular weight is 377 g/mol. The number of rotatable bonds is 5. The lowest BCUT2D eigenvalue weighted by Gasteiger charge is -2.36. The summed E-state index contributed by atoms with van der Waals surface area (Å²) >= 11 is 7.65. The van der Waals surface area contributed by atoms with Crippen LogP contribution < -0.4 is 0 Å². The Labute approximate surface area is 159 Å². The maximum absolute atomic E-state index is 12.6. The van der Waals surface area contributed by atoms with Crippen LogP contribution in [0.2, 0.25) is 5.02 Å². The van der Waals surface area contributed by atoms with Crippen LogP contribution in [-0.2, 0) is 17.6 Å². The summed E-state index contributed by atoms with van der Waals surface area (Å²) < 4.78 is 0. The topological polar surface area (TPSA) is 33.2 Å². The first-order chi connectivity index (χ1) is 12.0. The van der Waals surface area contributed by atoms with Crippen molar-refractivity contribution in [2.24, 2.45) is 5.92 Å². The molecule has 1 amide bonds. The molecule has 0 N–H and O–H groups in total. The normalized spacial score (nSPS) is 20.4. The second kappa shape index (κ2) is 8.33. The quantitative estimate of drug-likeness (QED) is 0.738. The van der Waals surface area contributed by atoms with Gasteiger partial charge in [0.25, 0.3) is 0 Å². The van der Waals surface area contributed by atoms with Crippen LogP contribution in [0.1, 0.15) is 48.9 Å². The van der Waals surface area contributed by atoms with Crippen LogP contribution in [0.15, 0.2) is 29.6 Å². The van der Waals surface area contributed by atoms with Crippen molar-refractivity contribution >= 4 is 28.8 Å². The molecule has 1 heterocycles. The number of carbonyl (C=O) groups excluding carboxylic acids is 1. The Balaban J connectivity index is 1.59. The van der Waals surface area contributed by atoms with Gasteiger partial charge >= 0.3 is 0 Å². The van der Waals surface area contributed by atoms with E-state index in [9.17, 15) is 4.79 Å². The Bertz CT molecular complexity index is 730. The van der Waals surface area contributed by atoms with Gasteiger partial charge in [-0.25, -0.2) is 4.98 Å². The molecular formula is C20H25ClN2OS. The number of aromatic nitrogens is 1. The van der Waals surface area contributed by atoms with E-state index in [0.29, 0.717) is 18.4 Å². The zero-order valence-corrected chi connectivity index (χ0v) is 16.4. The fourth-order valence-corrected chi connectivity index (χ4v) is 4.71. The molecule has 1 saturated carbocycles. The van der Waals surface area contributed by atoms with E-state index in [1.54, 1.807) is 11.3 Å². The molecule has 3 rings (SSSR count). The first-order valence-corrected chi connectivity index (χ1v) is 10.2. The third-order valence-electron chi connectivity index (χ3n) is 5.13. The third-order valence-corrected chi connectivity index (χ3v) is 6.27. The fourth-order valence-electron chi connectivity index (χ4n) is 3.67. The maximum atomic E-state index is 12.6. The molecule has 2 atom stereocenters. The van der Waals surface area contributed by atoms with E-state index in [1.807, 2.05) is 35.5 Å². The number of hydrogen-bond donors (Lipinski definition) is 0. The predicted octanol–water partition coefficient (Wildman–Crippen LogP) is 4.97. The molecule has 0 radical (unpaired) electrons. The van der Waals surface area contributed by atoms with Crippen LogP contribution in [0, 0.1) is 5.92 Å². The molecule has 134 valence electrons. The highest BCUT2D eigenvalue weighted by Gasteiger charge is 2.28. The van der Waals surface area contributed by atoms with E-state index in [2.05, 4.69) is 18.0 Å². The van der Waals surface area contributed by atoms with Crippen molar-refractivity contribution < 1.29 is 4.79 Å². The van der Waals surface area contributed by atoms with Crippen molar-refractivity contribution in [1.29, 1.82) is 0 Å². The van der Waals surface area contributed by atoms with Gasteiger partial charge < -0.3 is 4.90 Å². The zero-order chi connectivity index (χ0) is 17.8. The summed E-state index contributed by atoms with van der Waals surface area (Å²) in [6, 6.07) is 8.23. The van der Waals surface area contributed by atoms with Crippen LogP contribution in [-0.4, -0.2) is 28.9 Å². The summed E-state index contributed by atoms with van der Waals surface area (Å²) in [6.45, 7) is 2.26. The van der Waals surface area contributed by atoms with Gasteiger partial charge in [0.2, 0.25) is 5.91 Å². The smallest absolute Gasteiger partial charge is 0.228 e. The highest BCUT2D eigenvalue weighted by Crippen LogP contribution is 2.28. The molecule has 1 aliphatic rings. The highest BCUT2D eigenvalue weighted by molar-refractivity contribution is 7.09. The van der Waals surface area contributed by atoms with Crippen LogP contribution in [0.25, 0.3) is 0 Å².